The van der Waals surface area contributed by atoms with Gasteiger partial charge in [-0.05, 0) is 49.2 Å². The van der Waals surface area contributed by atoms with E-state index >= 15 is 0 Å². The van der Waals surface area contributed by atoms with Crippen LogP contribution in [0, 0.1) is 31.8 Å². The fourth-order valence-electron chi connectivity index (χ4n) is 6.10. The molecule has 0 aliphatic rings. The highest BCUT2D eigenvalue weighted by Crippen LogP contribution is 2.44. The van der Waals surface area contributed by atoms with Crippen LogP contribution in [0.4, 0.5) is 5.69 Å². The number of aromatic nitrogens is 2. The van der Waals surface area contributed by atoms with Gasteiger partial charge in [-0.1, -0.05) is 72.8 Å². The first kappa shape index (κ1) is 21.9. The molecule has 0 fully saturated rings. The molecule has 7 rings (SSSR count). The lowest BCUT2D eigenvalue weighted by molar-refractivity contribution is 1.08. The maximum atomic E-state index is 10.5. The van der Waals surface area contributed by atoms with E-state index in [2.05, 4.69) is 80.7 Å². The van der Waals surface area contributed by atoms with Crippen molar-refractivity contribution in [3.05, 3.63) is 125 Å². The van der Waals surface area contributed by atoms with E-state index in [-0.39, 0.29) is 0 Å². The Kier molecular flexibility index (Phi) is 4.67. The molecule has 4 nitrogen and oxygen atoms in total. The average molecular weight is 487 g/mol. The maximum absolute atomic E-state index is 10.5. The van der Waals surface area contributed by atoms with Gasteiger partial charge in [-0.2, -0.15) is 5.26 Å². The van der Waals surface area contributed by atoms with Gasteiger partial charge in [-0.15, -0.1) is 0 Å². The Morgan fingerprint density at radius 2 is 0.947 bits per heavy atom. The molecule has 0 radical (unpaired) electrons. The minimum atomic E-state index is 0.509. The first-order valence-corrected chi connectivity index (χ1v) is 12.6. The summed E-state index contributed by atoms with van der Waals surface area (Å²) < 4.78 is 4.41. The SMILES string of the molecule is [C-]#[N+]c1c(C)c(C#N)c(-n2c3ccccc3c3ccccc32)c(C)c1-n1c2ccccc2c2ccccc21. The summed E-state index contributed by atoms with van der Waals surface area (Å²) in [5.74, 6) is 0. The smallest absolute Gasteiger partial charge is 0.215 e. The highest BCUT2D eigenvalue weighted by Gasteiger charge is 2.26. The molecule has 0 aliphatic carbocycles. The van der Waals surface area contributed by atoms with Gasteiger partial charge in [0, 0.05) is 21.5 Å². The molecule has 2 heterocycles. The van der Waals surface area contributed by atoms with Crippen molar-refractivity contribution in [1.82, 2.24) is 9.13 Å². The number of benzene rings is 5. The van der Waals surface area contributed by atoms with Crippen LogP contribution < -0.4 is 0 Å². The van der Waals surface area contributed by atoms with E-state index in [1.54, 1.807) is 0 Å². The Bertz CT molecular complexity index is 1920. The fourth-order valence-corrected chi connectivity index (χ4v) is 6.10. The van der Waals surface area contributed by atoms with Gasteiger partial charge < -0.3 is 9.13 Å². The van der Waals surface area contributed by atoms with Crippen molar-refractivity contribution in [2.75, 3.05) is 0 Å². The van der Waals surface area contributed by atoms with Crippen molar-refractivity contribution in [2.45, 2.75) is 13.8 Å². The van der Waals surface area contributed by atoms with Crippen LogP contribution >= 0.6 is 0 Å². The lowest BCUT2D eigenvalue weighted by atomic mass is 9.97. The van der Waals surface area contributed by atoms with E-state index in [1.165, 1.54) is 0 Å². The summed E-state index contributed by atoms with van der Waals surface area (Å²) >= 11 is 0. The van der Waals surface area contributed by atoms with Gasteiger partial charge in [-0.25, -0.2) is 4.85 Å². The lowest BCUT2D eigenvalue weighted by Crippen LogP contribution is -2.08. The molecule has 178 valence electrons. The Balaban J connectivity index is 1.73. The second-order valence-electron chi connectivity index (χ2n) is 9.63. The van der Waals surface area contributed by atoms with Crippen LogP contribution in [0.15, 0.2) is 97.1 Å². The van der Waals surface area contributed by atoms with Crippen molar-refractivity contribution < 1.29 is 0 Å². The number of hydrogen-bond donors (Lipinski definition) is 0. The van der Waals surface area contributed by atoms with E-state index in [9.17, 15) is 5.26 Å². The number of para-hydroxylation sites is 4. The van der Waals surface area contributed by atoms with Crippen LogP contribution in [0.25, 0.3) is 59.8 Å². The van der Waals surface area contributed by atoms with E-state index in [1.807, 2.05) is 50.2 Å². The zero-order chi connectivity index (χ0) is 26.0. The fraction of sp³-hybridized carbons (Fsp3) is 0.0588. The molecule has 38 heavy (non-hydrogen) atoms. The van der Waals surface area contributed by atoms with Gasteiger partial charge >= 0.3 is 0 Å². The van der Waals surface area contributed by atoms with Crippen LogP contribution in [-0.2, 0) is 0 Å². The Labute approximate surface area is 220 Å². The summed E-state index contributed by atoms with van der Waals surface area (Å²) in [6.45, 7) is 12.2. The maximum Gasteiger partial charge on any atom is 0.215 e. The molecule has 0 N–H and O–H groups in total. The predicted octanol–water partition coefficient (Wildman–Crippen LogP) is 8.92. The van der Waals surface area contributed by atoms with Gasteiger partial charge in [0.1, 0.15) is 6.07 Å². The second-order valence-corrected chi connectivity index (χ2v) is 9.63. The van der Waals surface area contributed by atoms with Gasteiger partial charge in [-0.3, -0.25) is 0 Å². The second kappa shape index (κ2) is 8.10. The molecule has 0 amide bonds. The third kappa shape index (κ3) is 2.78. The van der Waals surface area contributed by atoms with Gasteiger partial charge in [0.25, 0.3) is 0 Å². The van der Waals surface area contributed by atoms with Crippen molar-refractivity contribution in [3.8, 4) is 17.4 Å². The number of hydrogen-bond acceptors (Lipinski definition) is 1. The molecule has 5 aromatic carbocycles. The van der Waals surface area contributed by atoms with E-state index in [0.717, 1.165) is 60.5 Å². The molecule has 7 aromatic rings. The highest BCUT2D eigenvalue weighted by atomic mass is 15.0. The van der Waals surface area contributed by atoms with Gasteiger partial charge in [0.15, 0.2) is 0 Å². The van der Waals surface area contributed by atoms with Crippen molar-refractivity contribution in [1.29, 1.82) is 5.26 Å². The Hall–Kier alpha value is -5.32. The molecule has 0 bridgehead atoms. The van der Waals surface area contributed by atoms with E-state index < -0.39 is 0 Å². The molecular weight excluding hydrogens is 464 g/mol. The Morgan fingerprint density at radius 1 is 0.579 bits per heavy atom. The van der Waals surface area contributed by atoms with Crippen LogP contribution in [0.1, 0.15) is 16.7 Å². The first-order chi connectivity index (χ1) is 18.7. The summed E-state index contributed by atoms with van der Waals surface area (Å²) in [7, 11) is 0. The van der Waals surface area contributed by atoms with Crippen LogP contribution in [0.3, 0.4) is 0 Å². The van der Waals surface area contributed by atoms with Crippen molar-refractivity contribution >= 4 is 49.3 Å². The van der Waals surface area contributed by atoms with Gasteiger partial charge in [0.05, 0.1) is 45.6 Å². The monoisotopic (exact) mass is 486 g/mol. The van der Waals surface area contributed by atoms with Crippen molar-refractivity contribution in [3.63, 3.8) is 0 Å². The summed E-state index contributed by atoms with van der Waals surface area (Å²) in [5.41, 5.74) is 8.45. The van der Waals surface area contributed by atoms with Crippen LogP contribution in [0.5, 0.6) is 0 Å². The largest absolute Gasteiger partial charge is 0.319 e. The number of nitrogens with zero attached hydrogens (tertiary/aromatic N) is 4. The molecule has 4 heteroatoms. The normalized spacial score (nSPS) is 11.4. The number of rotatable bonds is 2. The molecule has 2 aromatic heterocycles. The molecule has 0 saturated carbocycles. The highest BCUT2D eigenvalue weighted by molar-refractivity contribution is 6.11. The zero-order valence-electron chi connectivity index (χ0n) is 21.0. The third-order valence-corrected chi connectivity index (χ3v) is 7.73. The first-order valence-electron chi connectivity index (χ1n) is 12.6. The van der Waals surface area contributed by atoms with E-state index in [4.69, 9.17) is 6.57 Å². The number of fused-ring (bicyclic) bond motifs is 6. The quantitative estimate of drug-likeness (QED) is 0.225. The summed E-state index contributed by atoms with van der Waals surface area (Å²) in [5, 5.41) is 15.0. The average Bonchev–Trinajstić information content (AvgIpc) is 3.47. The van der Waals surface area contributed by atoms with Crippen molar-refractivity contribution in [2.24, 2.45) is 0 Å². The summed E-state index contributed by atoms with van der Waals surface area (Å²) in [6, 6.07) is 35.8. The van der Waals surface area contributed by atoms with Gasteiger partial charge in [0.2, 0.25) is 5.69 Å². The summed E-state index contributed by atoms with van der Waals surface area (Å²) in [6.07, 6.45) is 0. The third-order valence-electron chi connectivity index (χ3n) is 7.73. The van der Waals surface area contributed by atoms with E-state index in [0.29, 0.717) is 16.8 Å². The minimum absolute atomic E-state index is 0.509. The topological polar surface area (TPSA) is 38.0 Å². The molecule has 0 saturated heterocycles. The molecular formula is C34H22N4. The molecule has 0 aliphatic heterocycles. The standard InChI is InChI=1S/C34H22N4/c1-21-27(20-35)33(37-28-16-8-4-12-23(28)24-13-5-9-17-29(24)37)22(2)34(32(21)36-3)38-30-18-10-6-14-25(30)26-15-7-11-19-31(26)38/h4-19H,1-2H3. The van der Waals surface area contributed by atoms with Crippen LogP contribution in [-0.4, -0.2) is 9.13 Å². The Morgan fingerprint density at radius 3 is 1.32 bits per heavy atom. The predicted molar refractivity (Wildman–Crippen MR) is 156 cm³/mol. The summed E-state index contributed by atoms with van der Waals surface area (Å²) in [4.78, 5) is 4.02. The minimum Gasteiger partial charge on any atom is -0.319 e. The van der Waals surface area contributed by atoms with Crippen LogP contribution in [0.2, 0.25) is 0 Å². The zero-order valence-corrected chi connectivity index (χ0v) is 21.0. The number of nitriles is 1. The molecule has 0 atom stereocenters. The molecule has 0 spiro atoms. The lowest BCUT2D eigenvalue weighted by Gasteiger charge is -2.22. The molecule has 0 unspecified atom stereocenters.